The summed E-state index contributed by atoms with van der Waals surface area (Å²) in [5, 5.41) is 7.23. The average Bonchev–Trinajstić information content (AvgIpc) is 2.67. The highest BCUT2D eigenvalue weighted by atomic mass is 16.5. The predicted octanol–water partition coefficient (Wildman–Crippen LogP) is 2.57. The lowest BCUT2D eigenvalue weighted by atomic mass is 9.53. The van der Waals surface area contributed by atoms with E-state index in [1.54, 1.807) is 6.33 Å². The van der Waals surface area contributed by atoms with Crippen LogP contribution in [-0.4, -0.2) is 59.8 Å². The molecule has 5 aliphatic rings. The van der Waals surface area contributed by atoms with E-state index >= 15 is 0 Å². The zero-order valence-corrected chi connectivity index (χ0v) is 16.8. The van der Waals surface area contributed by atoms with Crippen LogP contribution >= 0.6 is 0 Å². The van der Waals surface area contributed by atoms with Crippen molar-refractivity contribution in [3.05, 3.63) is 6.33 Å². The number of nitrogens with one attached hydrogen (secondary N) is 2. The maximum absolute atomic E-state index is 6.46. The molecule has 4 aliphatic carbocycles. The Kier molecular flexibility index (Phi) is 5.05. The fraction of sp³-hybridized carbons (Fsp3) is 0.810. The Morgan fingerprint density at radius 2 is 1.68 bits per heavy atom. The van der Waals surface area contributed by atoms with E-state index < -0.39 is 0 Å². The van der Waals surface area contributed by atoms with Gasteiger partial charge >= 0.3 is 0 Å². The second kappa shape index (κ2) is 7.67. The van der Waals surface area contributed by atoms with Crippen molar-refractivity contribution in [3.8, 4) is 0 Å². The van der Waals surface area contributed by atoms with Gasteiger partial charge in [0.05, 0.1) is 13.2 Å². The van der Waals surface area contributed by atoms with E-state index in [1.165, 1.54) is 38.5 Å². The summed E-state index contributed by atoms with van der Waals surface area (Å²) in [7, 11) is 0. The summed E-state index contributed by atoms with van der Waals surface area (Å²) in [6.07, 6.45) is 10.9. The van der Waals surface area contributed by atoms with Crippen molar-refractivity contribution in [2.45, 2.75) is 50.5 Å². The smallest absolute Gasteiger partial charge is 0.155 e. The van der Waals surface area contributed by atoms with Gasteiger partial charge in [-0.15, -0.1) is 0 Å². The molecule has 5 fully saturated rings. The third kappa shape index (κ3) is 3.79. The first-order valence-corrected chi connectivity index (χ1v) is 11.1. The standard InChI is InChI=1S/C21H34N6O/c22-18-19(23-2-1-3-27-4-6-28-7-5-27)24-14-25-20(18)26-21-11-15-8-16(12-21)10-17(9-15)13-21/h14-17H,1-13,22H2,(H2,23,24,25,26). The molecule has 1 aromatic heterocycles. The van der Waals surface area contributed by atoms with Crippen molar-refractivity contribution >= 4 is 17.3 Å². The van der Waals surface area contributed by atoms with Crippen LogP contribution in [0.1, 0.15) is 44.9 Å². The van der Waals surface area contributed by atoms with Crippen LogP contribution in [0.4, 0.5) is 17.3 Å². The summed E-state index contributed by atoms with van der Waals surface area (Å²) in [6.45, 7) is 5.73. The van der Waals surface area contributed by atoms with Gasteiger partial charge in [0.2, 0.25) is 0 Å². The highest BCUT2D eigenvalue weighted by Crippen LogP contribution is 2.56. The Morgan fingerprint density at radius 3 is 2.36 bits per heavy atom. The molecule has 6 rings (SSSR count). The van der Waals surface area contributed by atoms with Gasteiger partial charge < -0.3 is 21.1 Å². The summed E-state index contributed by atoms with van der Waals surface area (Å²) >= 11 is 0. The topological polar surface area (TPSA) is 88.3 Å². The summed E-state index contributed by atoms with van der Waals surface area (Å²) in [6, 6.07) is 0. The fourth-order valence-corrected chi connectivity index (χ4v) is 6.49. The molecule has 4 bridgehead atoms. The molecule has 4 saturated carbocycles. The lowest BCUT2D eigenvalue weighted by Gasteiger charge is -2.57. The molecule has 1 aromatic rings. The zero-order chi connectivity index (χ0) is 19.0. The number of ether oxygens (including phenoxy) is 1. The van der Waals surface area contributed by atoms with Crippen LogP contribution in [0.3, 0.4) is 0 Å². The van der Waals surface area contributed by atoms with E-state index in [0.29, 0.717) is 5.69 Å². The van der Waals surface area contributed by atoms with Gasteiger partial charge in [-0.2, -0.15) is 0 Å². The molecule has 0 amide bonds. The fourth-order valence-electron chi connectivity index (χ4n) is 6.49. The SMILES string of the molecule is Nc1c(NCCCN2CCOCC2)ncnc1NC12CC3CC(CC(C3)C1)C2. The van der Waals surface area contributed by atoms with Gasteiger partial charge in [0.25, 0.3) is 0 Å². The second-order valence-corrected chi connectivity index (χ2v) is 9.54. The van der Waals surface area contributed by atoms with Crippen LogP contribution in [-0.2, 0) is 4.74 Å². The van der Waals surface area contributed by atoms with Crippen LogP contribution < -0.4 is 16.4 Å². The molecular weight excluding hydrogens is 352 g/mol. The molecule has 4 N–H and O–H groups in total. The predicted molar refractivity (Wildman–Crippen MR) is 111 cm³/mol. The maximum atomic E-state index is 6.46. The average molecular weight is 387 g/mol. The van der Waals surface area contributed by atoms with Crippen LogP contribution in [0, 0.1) is 17.8 Å². The van der Waals surface area contributed by atoms with E-state index in [2.05, 4.69) is 25.5 Å². The molecule has 7 nitrogen and oxygen atoms in total. The lowest BCUT2D eigenvalue weighted by molar-refractivity contribution is 0.0106. The lowest BCUT2D eigenvalue weighted by Crippen LogP contribution is -2.55. The van der Waals surface area contributed by atoms with E-state index in [-0.39, 0.29) is 5.54 Å². The number of hydrogen-bond acceptors (Lipinski definition) is 7. The minimum atomic E-state index is 0.213. The van der Waals surface area contributed by atoms with Gasteiger partial charge in [-0.05, 0) is 69.2 Å². The molecular formula is C21H34N6O. The third-order valence-corrected chi connectivity index (χ3v) is 7.35. The summed E-state index contributed by atoms with van der Waals surface area (Å²) in [5.41, 5.74) is 7.34. The monoisotopic (exact) mass is 386 g/mol. The van der Waals surface area contributed by atoms with E-state index in [9.17, 15) is 0 Å². The quantitative estimate of drug-likeness (QED) is 0.621. The van der Waals surface area contributed by atoms with Crippen molar-refractivity contribution in [3.63, 3.8) is 0 Å². The zero-order valence-electron chi connectivity index (χ0n) is 16.8. The molecule has 0 aromatic carbocycles. The van der Waals surface area contributed by atoms with Crippen molar-refractivity contribution in [1.29, 1.82) is 0 Å². The Morgan fingerprint density at radius 1 is 1.04 bits per heavy atom. The minimum absolute atomic E-state index is 0.213. The number of nitrogen functional groups attached to an aromatic ring is 1. The summed E-state index contributed by atoms with van der Waals surface area (Å²) < 4.78 is 5.41. The highest BCUT2D eigenvalue weighted by molar-refractivity contribution is 5.74. The van der Waals surface area contributed by atoms with Crippen molar-refractivity contribution in [2.75, 3.05) is 55.8 Å². The number of nitrogens with two attached hydrogens (primary N) is 1. The number of aromatic nitrogens is 2. The molecule has 2 heterocycles. The second-order valence-electron chi connectivity index (χ2n) is 9.54. The van der Waals surface area contributed by atoms with Gasteiger partial charge in [-0.25, -0.2) is 9.97 Å². The molecule has 1 saturated heterocycles. The molecule has 0 radical (unpaired) electrons. The minimum Gasteiger partial charge on any atom is -0.393 e. The first kappa shape index (κ1) is 18.4. The van der Waals surface area contributed by atoms with Crippen molar-refractivity contribution in [2.24, 2.45) is 17.8 Å². The number of morpholine rings is 1. The van der Waals surface area contributed by atoms with E-state index in [0.717, 1.165) is 75.2 Å². The molecule has 0 unspecified atom stereocenters. The van der Waals surface area contributed by atoms with Crippen molar-refractivity contribution in [1.82, 2.24) is 14.9 Å². The maximum Gasteiger partial charge on any atom is 0.155 e. The van der Waals surface area contributed by atoms with Crippen LogP contribution in [0.2, 0.25) is 0 Å². The Bertz CT molecular complexity index is 654. The van der Waals surface area contributed by atoms with Crippen LogP contribution in [0.5, 0.6) is 0 Å². The number of nitrogens with zero attached hydrogens (tertiary/aromatic N) is 3. The Labute approximate surface area is 167 Å². The molecule has 1 aliphatic heterocycles. The molecule has 154 valence electrons. The largest absolute Gasteiger partial charge is 0.393 e. The van der Waals surface area contributed by atoms with Gasteiger partial charge in [0, 0.05) is 25.2 Å². The van der Waals surface area contributed by atoms with Crippen LogP contribution in [0.25, 0.3) is 0 Å². The Balaban J connectivity index is 1.19. The molecule has 28 heavy (non-hydrogen) atoms. The van der Waals surface area contributed by atoms with Gasteiger partial charge in [-0.3, -0.25) is 4.90 Å². The van der Waals surface area contributed by atoms with Crippen LogP contribution in [0.15, 0.2) is 6.33 Å². The molecule has 0 spiro atoms. The highest BCUT2D eigenvalue weighted by Gasteiger charge is 2.51. The number of hydrogen-bond donors (Lipinski definition) is 3. The molecule has 0 atom stereocenters. The van der Waals surface area contributed by atoms with Gasteiger partial charge in [-0.1, -0.05) is 0 Å². The third-order valence-electron chi connectivity index (χ3n) is 7.35. The van der Waals surface area contributed by atoms with Crippen molar-refractivity contribution < 1.29 is 4.74 Å². The van der Waals surface area contributed by atoms with E-state index in [4.69, 9.17) is 10.5 Å². The summed E-state index contributed by atoms with van der Waals surface area (Å²) in [5.74, 6) is 4.30. The summed E-state index contributed by atoms with van der Waals surface area (Å²) in [4.78, 5) is 11.4. The van der Waals surface area contributed by atoms with Gasteiger partial charge in [0.1, 0.15) is 12.0 Å². The van der Waals surface area contributed by atoms with Gasteiger partial charge in [0.15, 0.2) is 11.6 Å². The number of rotatable bonds is 7. The Hall–Kier alpha value is -1.60. The number of anilines is 3. The normalized spacial score (nSPS) is 34.5. The first-order chi connectivity index (χ1) is 13.7. The molecule has 7 heteroatoms. The van der Waals surface area contributed by atoms with E-state index in [1.807, 2.05) is 0 Å². The first-order valence-electron chi connectivity index (χ1n) is 11.1.